The maximum Gasteiger partial charge on any atom is 0.317 e. The summed E-state index contributed by atoms with van der Waals surface area (Å²) in [5.41, 5.74) is 2.85. The maximum atomic E-state index is 12.3. The lowest BCUT2D eigenvalue weighted by atomic mass is 9.94. The minimum atomic E-state index is -0.0116. The van der Waals surface area contributed by atoms with Gasteiger partial charge in [0.05, 0.1) is 0 Å². The van der Waals surface area contributed by atoms with E-state index in [1.807, 2.05) is 20.2 Å². The maximum absolute atomic E-state index is 12.3. The first kappa shape index (κ1) is 19.4. The lowest BCUT2D eigenvalue weighted by molar-refractivity contribution is 0.205. The van der Waals surface area contributed by atoms with Crippen molar-refractivity contribution in [3.8, 4) is 0 Å². The number of carbonyl (C=O) groups excluding carboxylic acids is 1. The smallest absolute Gasteiger partial charge is 0.317 e. The molecule has 2 amide bonds. The molecule has 146 valence electrons. The Labute approximate surface area is 162 Å². The van der Waals surface area contributed by atoms with Gasteiger partial charge in [-0.1, -0.05) is 24.3 Å². The molecule has 2 aromatic rings. The first-order valence-electron chi connectivity index (χ1n) is 9.79. The molecule has 27 heavy (non-hydrogen) atoms. The Hall–Kier alpha value is -2.34. The number of rotatable bonds is 7. The summed E-state index contributed by atoms with van der Waals surface area (Å²) in [7, 11) is 1.84. The zero-order valence-electron chi connectivity index (χ0n) is 16.7. The van der Waals surface area contributed by atoms with Gasteiger partial charge >= 0.3 is 6.03 Å². The summed E-state index contributed by atoms with van der Waals surface area (Å²) in [5.74, 6) is 1.59. The summed E-state index contributed by atoms with van der Waals surface area (Å²) < 4.78 is 2.06. The first-order chi connectivity index (χ1) is 13.0. The fourth-order valence-electron chi connectivity index (χ4n) is 3.79. The number of amides is 2. The third kappa shape index (κ3) is 5.10. The van der Waals surface area contributed by atoms with Crippen LogP contribution in [0.1, 0.15) is 29.3 Å². The summed E-state index contributed by atoms with van der Waals surface area (Å²) in [5, 5.41) is 3.04. The highest BCUT2D eigenvalue weighted by Crippen LogP contribution is 2.28. The van der Waals surface area contributed by atoms with E-state index in [4.69, 9.17) is 0 Å². The molecule has 6 nitrogen and oxygen atoms in total. The van der Waals surface area contributed by atoms with Crippen molar-refractivity contribution in [3.63, 3.8) is 0 Å². The molecular weight excluding hydrogens is 338 g/mol. The molecule has 3 rings (SSSR count). The number of imidazole rings is 1. The molecule has 1 aromatic heterocycles. The number of carbonyl (C=O) groups is 1. The number of likely N-dealkylation sites (tertiary alicyclic amines) is 1. The summed E-state index contributed by atoms with van der Waals surface area (Å²) in [6, 6.07) is 8.67. The van der Waals surface area contributed by atoms with Crippen LogP contribution in [0.3, 0.4) is 0 Å². The van der Waals surface area contributed by atoms with E-state index in [9.17, 15) is 4.79 Å². The Morgan fingerprint density at radius 1 is 1.30 bits per heavy atom. The Morgan fingerprint density at radius 3 is 2.85 bits per heavy atom. The van der Waals surface area contributed by atoms with Gasteiger partial charge in [-0.25, -0.2) is 9.78 Å². The van der Waals surface area contributed by atoms with Crippen LogP contribution in [-0.2, 0) is 6.54 Å². The van der Waals surface area contributed by atoms with Crippen LogP contribution in [0.5, 0.6) is 0 Å². The van der Waals surface area contributed by atoms with Gasteiger partial charge in [0, 0.05) is 52.2 Å². The third-order valence-corrected chi connectivity index (χ3v) is 5.55. The zero-order valence-corrected chi connectivity index (χ0v) is 16.7. The van der Waals surface area contributed by atoms with Gasteiger partial charge in [0.15, 0.2) is 0 Å². The Kier molecular flexibility index (Phi) is 6.50. The second-order valence-electron chi connectivity index (χ2n) is 7.46. The number of likely N-dealkylation sites (N-methyl/N-ethyl adjacent to an activating group) is 1. The highest BCUT2D eigenvalue weighted by molar-refractivity contribution is 5.73. The van der Waals surface area contributed by atoms with Crippen molar-refractivity contribution in [1.29, 1.82) is 0 Å². The lowest BCUT2D eigenvalue weighted by Crippen LogP contribution is -2.42. The Balaban J connectivity index is 1.36. The minimum absolute atomic E-state index is 0.0116. The monoisotopic (exact) mass is 369 g/mol. The molecule has 1 unspecified atom stereocenters. The van der Waals surface area contributed by atoms with Crippen LogP contribution in [0.4, 0.5) is 4.79 Å². The van der Waals surface area contributed by atoms with E-state index in [0.717, 1.165) is 32.0 Å². The molecular formula is C21H31N5O. The fraction of sp³-hybridized carbons (Fsp3) is 0.524. The highest BCUT2D eigenvalue weighted by Gasteiger charge is 2.24. The number of benzene rings is 1. The van der Waals surface area contributed by atoms with E-state index in [1.165, 1.54) is 17.5 Å². The number of aromatic nitrogens is 2. The molecule has 1 aromatic carbocycles. The molecule has 1 aliphatic rings. The molecule has 0 saturated carbocycles. The van der Waals surface area contributed by atoms with E-state index in [1.54, 1.807) is 11.1 Å². The Morgan fingerprint density at radius 2 is 2.11 bits per heavy atom. The third-order valence-electron chi connectivity index (χ3n) is 5.55. The largest absolute Gasteiger partial charge is 0.337 e. The molecule has 0 aliphatic carbocycles. The van der Waals surface area contributed by atoms with Gasteiger partial charge in [0.25, 0.3) is 0 Å². The van der Waals surface area contributed by atoms with Gasteiger partial charge in [-0.15, -0.1) is 0 Å². The van der Waals surface area contributed by atoms with Crippen LogP contribution >= 0.6 is 0 Å². The standard InChI is InChI=1S/C21H31N5O/c1-17-6-4-5-7-20(17)19-8-11-25(16-19)12-9-23-21(27)24(3)14-15-26-13-10-22-18(26)2/h4-7,10,13,19H,8-9,11-12,14-16H2,1-3H3,(H,23,27). The number of nitrogens with zero attached hydrogens (tertiary/aromatic N) is 4. The summed E-state index contributed by atoms with van der Waals surface area (Å²) in [6.45, 7) is 9.37. The molecule has 1 aliphatic heterocycles. The molecule has 1 saturated heterocycles. The van der Waals surface area contributed by atoms with Gasteiger partial charge in [-0.05, 0) is 43.9 Å². The molecule has 2 heterocycles. The van der Waals surface area contributed by atoms with Gasteiger partial charge < -0.3 is 19.7 Å². The zero-order chi connectivity index (χ0) is 19.2. The lowest BCUT2D eigenvalue weighted by Gasteiger charge is -2.21. The van der Waals surface area contributed by atoms with E-state index in [2.05, 4.69) is 51.0 Å². The summed E-state index contributed by atoms with van der Waals surface area (Å²) in [4.78, 5) is 20.7. The number of aryl methyl sites for hydroxylation is 2. The normalized spacial score (nSPS) is 17.2. The second kappa shape index (κ2) is 9.04. The summed E-state index contributed by atoms with van der Waals surface area (Å²) >= 11 is 0. The minimum Gasteiger partial charge on any atom is -0.337 e. The summed E-state index contributed by atoms with van der Waals surface area (Å²) in [6.07, 6.45) is 4.93. The quantitative estimate of drug-likeness (QED) is 0.816. The fourth-order valence-corrected chi connectivity index (χ4v) is 3.79. The van der Waals surface area contributed by atoms with Gasteiger partial charge in [0.2, 0.25) is 0 Å². The molecule has 0 spiro atoms. The van der Waals surface area contributed by atoms with Crippen LogP contribution in [-0.4, -0.2) is 65.2 Å². The molecule has 6 heteroatoms. The average molecular weight is 370 g/mol. The number of hydrogen-bond donors (Lipinski definition) is 1. The number of nitrogens with one attached hydrogen (secondary N) is 1. The Bertz CT molecular complexity index is 757. The molecule has 1 atom stereocenters. The first-order valence-corrected chi connectivity index (χ1v) is 9.79. The van der Waals surface area contributed by atoms with Gasteiger partial charge in [-0.2, -0.15) is 0 Å². The van der Waals surface area contributed by atoms with Crippen LogP contribution in [0.2, 0.25) is 0 Å². The van der Waals surface area contributed by atoms with Crippen molar-refractivity contribution in [1.82, 2.24) is 24.7 Å². The van der Waals surface area contributed by atoms with Crippen molar-refractivity contribution >= 4 is 6.03 Å². The topological polar surface area (TPSA) is 53.4 Å². The van der Waals surface area contributed by atoms with E-state index >= 15 is 0 Å². The van der Waals surface area contributed by atoms with Crippen molar-refractivity contribution < 1.29 is 4.79 Å². The highest BCUT2D eigenvalue weighted by atomic mass is 16.2. The van der Waals surface area contributed by atoms with Crippen molar-refractivity contribution in [2.24, 2.45) is 0 Å². The SMILES string of the molecule is Cc1ccccc1C1CCN(CCNC(=O)N(C)CCn2ccnc2C)C1. The molecule has 1 fully saturated rings. The van der Waals surface area contributed by atoms with E-state index in [-0.39, 0.29) is 6.03 Å². The van der Waals surface area contributed by atoms with Gasteiger partial charge in [-0.3, -0.25) is 0 Å². The van der Waals surface area contributed by atoms with Crippen molar-refractivity contribution in [3.05, 3.63) is 53.6 Å². The van der Waals surface area contributed by atoms with Crippen LogP contribution in [0.25, 0.3) is 0 Å². The number of urea groups is 1. The van der Waals surface area contributed by atoms with Crippen LogP contribution < -0.4 is 5.32 Å². The predicted molar refractivity (Wildman–Crippen MR) is 108 cm³/mol. The predicted octanol–water partition coefficient (Wildman–Crippen LogP) is 2.63. The van der Waals surface area contributed by atoms with Crippen molar-refractivity contribution in [2.75, 3.05) is 39.8 Å². The van der Waals surface area contributed by atoms with E-state index in [0.29, 0.717) is 19.0 Å². The van der Waals surface area contributed by atoms with Gasteiger partial charge in [0.1, 0.15) is 5.82 Å². The number of hydrogen-bond acceptors (Lipinski definition) is 3. The van der Waals surface area contributed by atoms with Crippen molar-refractivity contribution in [2.45, 2.75) is 32.7 Å². The van der Waals surface area contributed by atoms with E-state index < -0.39 is 0 Å². The average Bonchev–Trinajstić information content (AvgIpc) is 3.29. The van der Waals surface area contributed by atoms with Crippen LogP contribution in [0, 0.1) is 13.8 Å². The van der Waals surface area contributed by atoms with Crippen LogP contribution in [0.15, 0.2) is 36.7 Å². The molecule has 0 bridgehead atoms. The second-order valence-corrected chi connectivity index (χ2v) is 7.46. The molecule has 0 radical (unpaired) electrons. The molecule has 1 N–H and O–H groups in total.